The molecule has 0 spiro atoms. The smallest absolute Gasteiger partial charge is 0.281 e. The lowest BCUT2D eigenvalue weighted by Crippen LogP contribution is -2.38. The molecule has 0 saturated carbocycles. The van der Waals surface area contributed by atoms with Crippen LogP contribution in [0.3, 0.4) is 0 Å². The summed E-state index contributed by atoms with van der Waals surface area (Å²) in [6, 6.07) is 16.2. The molecule has 0 aliphatic carbocycles. The number of aryl methyl sites for hydroxylation is 2. The lowest BCUT2D eigenvalue weighted by Gasteiger charge is -2.32. The highest BCUT2D eigenvalue weighted by Crippen LogP contribution is 2.29. The minimum Gasteiger partial charge on any atom is -0.339 e. The molecule has 0 bridgehead atoms. The van der Waals surface area contributed by atoms with Crippen molar-refractivity contribution in [3.63, 3.8) is 0 Å². The molecule has 1 amide bonds. The number of amides is 1. The fourth-order valence-electron chi connectivity index (χ4n) is 4.03. The Hall–Kier alpha value is -3.64. The molecule has 1 aliphatic rings. The lowest BCUT2D eigenvalue weighted by atomic mass is 9.89. The van der Waals surface area contributed by atoms with Crippen LogP contribution >= 0.6 is 0 Å². The second kappa shape index (κ2) is 9.08. The third-order valence-electron chi connectivity index (χ3n) is 5.99. The zero-order valence-electron chi connectivity index (χ0n) is 18.5. The monoisotopic (exact) mass is 463 g/mol. The number of nitrogens with zero attached hydrogens (tertiary/aromatic N) is 4. The number of likely N-dealkylation sites (tertiary alicyclic amines) is 1. The normalized spacial score (nSPS) is 14.6. The minimum absolute atomic E-state index is 0.0778. The van der Waals surface area contributed by atoms with Crippen LogP contribution in [0.25, 0.3) is 0 Å². The Balaban J connectivity index is 1.45. The van der Waals surface area contributed by atoms with Gasteiger partial charge in [-0.2, -0.15) is 18.8 Å². The number of carbonyl (C=O) groups excluding carboxylic acids is 1. The number of hydrogen-bond acceptors (Lipinski definition) is 5. The Morgan fingerprint density at radius 2 is 1.82 bits per heavy atom. The molecule has 1 aliphatic heterocycles. The Kier molecular flexibility index (Phi) is 6.20. The molecule has 4 rings (SSSR count). The highest BCUT2D eigenvalue weighted by Gasteiger charge is 2.25. The molecular formula is C24H25N5O3S. The van der Waals surface area contributed by atoms with E-state index < -0.39 is 10.0 Å². The number of carbonyl (C=O) groups is 1. The number of benzene rings is 2. The lowest BCUT2D eigenvalue weighted by molar-refractivity contribution is 0.0713. The Morgan fingerprint density at radius 3 is 2.42 bits per heavy atom. The molecule has 1 fully saturated rings. The number of rotatable bonds is 5. The number of sulfonamides is 1. The molecule has 170 valence electrons. The maximum Gasteiger partial charge on any atom is 0.281 e. The minimum atomic E-state index is -3.85. The van der Waals surface area contributed by atoms with Gasteiger partial charge in [0, 0.05) is 31.9 Å². The second-order valence-corrected chi connectivity index (χ2v) is 9.89. The summed E-state index contributed by atoms with van der Waals surface area (Å²) < 4.78 is 29.3. The standard InChI is InChI=1S/C24H25N5O3S/c1-17-3-6-21(15-22(17)27-33(31,32)23-11-12-28(2)26-23)24(30)29-13-9-20(10-14-29)19-7-4-18(16-25)5-8-19/h3-8,11-12,15,20,27H,9-10,13-14H2,1-2H3. The third kappa shape index (κ3) is 4.91. The molecule has 9 heteroatoms. The topological polar surface area (TPSA) is 108 Å². The largest absolute Gasteiger partial charge is 0.339 e. The SMILES string of the molecule is Cc1ccc(C(=O)N2CCC(c3ccc(C#N)cc3)CC2)cc1NS(=O)(=O)c1ccn(C)n1. The van der Waals surface area contributed by atoms with Crippen LogP contribution < -0.4 is 4.72 Å². The van der Waals surface area contributed by atoms with Crippen LogP contribution in [-0.4, -0.2) is 42.1 Å². The highest BCUT2D eigenvalue weighted by molar-refractivity contribution is 7.92. The zero-order valence-corrected chi connectivity index (χ0v) is 19.3. The summed E-state index contributed by atoms with van der Waals surface area (Å²) in [6.45, 7) is 3.02. The number of nitrogens with one attached hydrogen (secondary N) is 1. The summed E-state index contributed by atoms with van der Waals surface area (Å²) in [5.74, 6) is 0.229. The van der Waals surface area contributed by atoms with Crippen molar-refractivity contribution in [1.82, 2.24) is 14.7 Å². The van der Waals surface area contributed by atoms with Gasteiger partial charge in [-0.25, -0.2) is 0 Å². The van der Waals surface area contributed by atoms with E-state index in [1.54, 1.807) is 38.4 Å². The van der Waals surface area contributed by atoms with Gasteiger partial charge in [0.15, 0.2) is 5.03 Å². The van der Waals surface area contributed by atoms with Crippen LogP contribution in [-0.2, 0) is 17.1 Å². The summed E-state index contributed by atoms with van der Waals surface area (Å²) >= 11 is 0. The summed E-state index contributed by atoms with van der Waals surface area (Å²) in [6.07, 6.45) is 3.23. The van der Waals surface area contributed by atoms with E-state index in [1.807, 2.05) is 29.2 Å². The average Bonchev–Trinajstić information content (AvgIpc) is 3.27. The Bertz CT molecular complexity index is 1310. The molecule has 3 aromatic rings. The Labute approximate surface area is 193 Å². The molecule has 1 N–H and O–H groups in total. The van der Waals surface area contributed by atoms with Crippen molar-refractivity contribution in [3.8, 4) is 6.07 Å². The van der Waals surface area contributed by atoms with Crippen LogP contribution in [0.2, 0.25) is 0 Å². The van der Waals surface area contributed by atoms with Gasteiger partial charge in [0.25, 0.3) is 15.9 Å². The van der Waals surface area contributed by atoms with Gasteiger partial charge in [-0.3, -0.25) is 14.2 Å². The van der Waals surface area contributed by atoms with Gasteiger partial charge in [-0.1, -0.05) is 18.2 Å². The first-order valence-corrected chi connectivity index (χ1v) is 12.2. The predicted octanol–water partition coefficient (Wildman–Crippen LogP) is 3.42. The number of anilines is 1. The first kappa shape index (κ1) is 22.6. The third-order valence-corrected chi connectivity index (χ3v) is 7.24. The molecule has 8 nitrogen and oxygen atoms in total. The van der Waals surface area contributed by atoms with E-state index in [4.69, 9.17) is 5.26 Å². The van der Waals surface area contributed by atoms with Crippen molar-refractivity contribution in [1.29, 1.82) is 5.26 Å². The van der Waals surface area contributed by atoms with Gasteiger partial charge in [-0.05, 0) is 67.1 Å². The zero-order chi connectivity index (χ0) is 23.6. The maximum atomic E-state index is 13.1. The molecule has 0 atom stereocenters. The maximum absolute atomic E-state index is 13.1. The first-order valence-electron chi connectivity index (χ1n) is 10.7. The van der Waals surface area contributed by atoms with Crippen molar-refractivity contribution in [2.24, 2.45) is 7.05 Å². The van der Waals surface area contributed by atoms with Crippen LogP contribution in [0.15, 0.2) is 59.8 Å². The highest BCUT2D eigenvalue weighted by atomic mass is 32.2. The molecular weight excluding hydrogens is 438 g/mol. The van der Waals surface area contributed by atoms with E-state index >= 15 is 0 Å². The summed E-state index contributed by atoms with van der Waals surface area (Å²) in [7, 11) is -2.21. The molecule has 2 aromatic carbocycles. The van der Waals surface area contributed by atoms with E-state index in [-0.39, 0.29) is 10.9 Å². The Morgan fingerprint density at radius 1 is 1.12 bits per heavy atom. The van der Waals surface area contributed by atoms with Gasteiger partial charge in [0.2, 0.25) is 0 Å². The quantitative estimate of drug-likeness (QED) is 0.624. The molecule has 0 radical (unpaired) electrons. The predicted molar refractivity (Wildman–Crippen MR) is 124 cm³/mol. The number of piperidine rings is 1. The van der Waals surface area contributed by atoms with E-state index in [1.165, 1.54) is 16.3 Å². The van der Waals surface area contributed by atoms with Crippen LogP contribution in [0.5, 0.6) is 0 Å². The van der Waals surface area contributed by atoms with Crippen molar-refractivity contribution < 1.29 is 13.2 Å². The van der Waals surface area contributed by atoms with E-state index in [0.29, 0.717) is 41.4 Å². The first-order chi connectivity index (χ1) is 15.8. The fourth-order valence-corrected chi connectivity index (χ4v) is 5.12. The van der Waals surface area contributed by atoms with Crippen molar-refractivity contribution in [2.45, 2.75) is 30.7 Å². The molecule has 1 aromatic heterocycles. The van der Waals surface area contributed by atoms with E-state index in [9.17, 15) is 13.2 Å². The summed E-state index contributed by atoms with van der Waals surface area (Å²) in [5, 5.41) is 12.8. The van der Waals surface area contributed by atoms with Gasteiger partial charge in [0.05, 0.1) is 17.3 Å². The average molecular weight is 464 g/mol. The fraction of sp³-hybridized carbons (Fsp3) is 0.292. The molecule has 33 heavy (non-hydrogen) atoms. The molecule has 1 saturated heterocycles. The molecule has 2 heterocycles. The van der Waals surface area contributed by atoms with Gasteiger partial charge < -0.3 is 4.90 Å². The van der Waals surface area contributed by atoms with Gasteiger partial charge in [0.1, 0.15) is 0 Å². The van der Waals surface area contributed by atoms with Crippen molar-refractivity contribution >= 4 is 21.6 Å². The van der Waals surface area contributed by atoms with Crippen LogP contribution in [0.1, 0.15) is 45.8 Å². The number of nitriles is 1. The molecule has 0 unspecified atom stereocenters. The van der Waals surface area contributed by atoms with E-state index in [0.717, 1.165) is 12.8 Å². The van der Waals surface area contributed by atoms with Crippen molar-refractivity contribution in [3.05, 3.63) is 77.0 Å². The summed E-state index contributed by atoms with van der Waals surface area (Å²) in [5.41, 5.74) is 3.34. The van der Waals surface area contributed by atoms with Crippen LogP contribution in [0, 0.1) is 18.3 Å². The van der Waals surface area contributed by atoms with Crippen LogP contribution in [0.4, 0.5) is 5.69 Å². The van der Waals surface area contributed by atoms with E-state index in [2.05, 4.69) is 15.9 Å². The van der Waals surface area contributed by atoms with Crippen molar-refractivity contribution in [2.75, 3.05) is 17.8 Å². The second-order valence-electron chi connectivity index (χ2n) is 8.26. The number of aromatic nitrogens is 2. The van der Waals surface area contributed by atoms with Gasteiger partial charge >= 0.3 is 0 Å². The van der Waals surface area contributed by atoms with Gasteiger partial charge in [-0.15, -0.1) is 0 Å². The number of hydrogen-bond donors (Lipinski definition) is 1. The summed E-state index contributed by atoms with van der Waals surface area (Å²) in [4.78, 5) is 14.9.